The van der Waals surface area contributed by atoms with E-state index in [1.165, 1.54) is 27.2 Å². The Kier molecular flexibility index (Phi) is 10.8. The van der Waals surface area contributed by atoms with Crippen molar-refractivity contribution in [2.45, 2.75) is 45.1 Å². The highest BCUT2D eigenvalue weighted by molar-refractivity contribution is 7.19. The van der Waals surface area contributed by atoms with Crippen molar-refractivity contribution in [2.24, 2.45) is 16.8 Å². The lowest BCUT2D eigenvalue weighted by atomic mass is 9.87. The van der Waals surface area contributed by atoms with Gasteiger partial charge in [-0.25, -0.2) is 24.7 Å². The number of amides is 3. The zero-order valence-corrected chi connectivity index (χ0v) is 34.0. The van der Waals surface area contributed by atoms with Gasteiger partial charge in [-0.05, 0) is 72.9 Å². The first-order valence-electron chi connectivity index (χ1n) is 18.6. The number of carbonyl (C=O) groups excluding carboxylic acids is 3. The van der Waals surface area contributed by atoms with Gasteiger partial charge in [0.25, 0.3) is 0 Å². The minimum atomic E-state index is -0.301. The second kappa shape index (κ2) is 15.9. The van der Waals surface area contributed by atoms with E-state index in [0.717, 1.165) is 81.6 Å². The molecule has 14 nitrogen and oxygen atoms in total. The van der Waals surface area contributed by atoms with E-state index in [-0.39, 0.29) is 29.7 Å². The number of hydrogen-bond acceptors (Lipinski definition) is 13. The molecule has 9 rings (SSSR count). The average molecular weight is 816 g/mol. The minimum Gasteiger partial charge on any atom is -0.490 e. The first-order valence-corrected chi connectivity index (χ1v) is 20.6. The molecule has 3 amide bonds. The van der Waals surface area contributed by atoms with Gasteiger partial charge in [0.1, 0.15) is 52.2 Å². The van der Waals surface area contributed by atoms with Crippen LogP contribution in [0.5, 0.6) is 5.75 Å². The van der Waals surface area contributed by atoms with Gasteiger partial charge in [0.15, 0.2) is 0 Å². The maximum Gasteiger partial charge on any atom is 0.410 e. The first kappa shape index (κ1) is 38.0. The highest BCUT2D eigenvalue weighted by atomic mass is 35.5. The van der Waals surface area contributed by atoms with Crippen LogP contribution in [-0.4, -0.2) is 113 Å². The number of cyclic esters (lactones) is 1. The molecule has 0 spiro atoms. The maximum atomic E-state index is 12.6. The SMILES string of the molecule is CN(C)C(=O)[C@H]1CCc2c(sc3ncnc(Cl)c23)C1.CN(C)C(=O)[C@H]1CCc2c(sc3ncnc(Nc4cc5c(cc4OCCN4CCOC4=O)CN=C5)c23)C1. The molecule has 1 aromatic carbocycles. The van der Waals surface area contributed by atoms with E-state index in [9.17, 15) is 14.4 Å². The number of benzene rings is 1. The van der Waals surface area contributed by atoms with Gasteiger partial charge in [0.05, 0.1) is 36.1 Å². The third-order valence-electron chi connectivity index (χ3n) is 10.7. The molecule has 0 radical (unpaired) electrons. The third kappa shape index (κ3) is 7.49. The summed E-state index contributed by atoms with van der Waals surface area (Å²) in [5.41, 5.74) is 5.39. The van der Waals surface area contributed by atoms with Crippen molar-refractivity contribution in [3.05, 3.63) is 61.9 Å². The third-order valence-corrected chi connectivity index (χ3v) is 13.3. The summed E-state index contributed by atoms with van der Waals surface area (Å²) >= 11 is 9.45. The standard InChI is InChI=1S/C26H28N6O4S.C13H14ClN3OS/c1-31(2)25(33)15-3-4-18-21(11-15)37-24-22(18)23(28-14-29-24)30-19-9-16-12-27-13-17(16)10-20(19)35-7-5-32-6-8-36-26(32)34;1-17(2)13(18)7-3-4-8-9(5-7)19-12-10(8)11(14)15-6-16-12/h9-10,12,14-15H,3-8,11,13H2,1-2H3,(H,28,29,30);6-7H,3-5H2,1-2H3/t15-;7-/m00/s1. The summed E-state index contributed by atoms with van der Waals surface area (Å²) in [7, 11) is 7.25. The Labute approximate surface area is 336 Å². The largest absolute Gasteiger partial charge is 0.490 e. The monoisotopic (exact) mass is 815 g/mol. The van der Waals surface area contributed by atoms with Crippen LogP contribution in [0.4, 0.5) is 16.3 Å². The van der Waals surface area contributed by atoms with Crippen LogP contribution < -0.4 is 10.1 Å². The lowest BCUT2D eigenvalue weighted by molar-refractivity contribution is -0.134. The Morgan fingerprint density at radius 3 is 2.21 bits per heavy atom. The number of aromatic nitrogens is 4. The number of halogens is 1. The van der Waals surface area contributed by atoms with Crippen LogP contribution in [0, 0.1) is 11.8 Å². The number of carbonyl (C=O) groups is 3. The minimum absolute atomic E-state index is 0.00354. The molecular weight excluding hydrogens is 774 g/mol. The first-order chi connectivity index (χ1) is 27.0. The van der Waals surface area contributed by atoms with E-state index in [2.05, 4.69) is 30.2 Å². The number of ether oxygens (including phenoxy) is 2. The number of anilines is 2. The molecule has 2 atom stereocenters. The average Bonchev–Trinajstić information content (AvgIpc) is 3.99. The zero-order chi connectivity index (χ0) is 39.1. The number of nitrogens with zero attached hydrogens (tertiary/aromatic N) is 8. The number of hydrogen-bond donors (Lipinski definition) is 1. The number of aryl methyl sites for hydroxylation is 2. The molecular formula is C39H42ClN9O5S2. The molecule has 6 heterocycles. The molecule has 2 aliphatic heterocycles. The van der Waals surface area contributed by atoms with Crippen molar-refractivity contribution in [1.29, 1.82) is 0 Å². The van der Waals surface area contributed by atoms with Crippen molar-refractivity contribution in [1.82, 2.24) is 34.6 Å². The number of aliphatic imine (C=N–C) groups is 1. The van der Waals surface area contributed by atoms with Crippen molar-refractivity contribution in [3.63, 3.8) is 0 Å². The summed E-state index contributed by atoms with van der Waals surface area (Å²) in [5.74, 6) is 1.88. The summed E-state index contributed by atoms with van der Waals surface area (Å²) in [5, 5.41) is 6.04. The lowest BCUT2D eigenvalue weighted by Crippen LogP contribution is -2.32. The van der Waals surface area contributed by atoms with Gasteiger partial charge < -0.3 is 29.5 Å². The van der Waals surface area contributed by atoms with E-state index < -0.39 is 0 Å². The highest BCUT2D eigenvalue weighted by Crippen LogP contribution is 2.43. The van der Waals surface area contributed by atoms with Crippen LogP contribution in [-0.2, 0) is 46.6 Å². The van der Waals surface area contributed by atoms with E-state index >= 15 is 0 Å². The molecule has 5 aromatic rings. The van der Waals surface area contributed by atoms with Gasteiger partial charge in [-0.15, -0.1) is 22.7 Å². The fraction of sp³-hybridized carbons (Fsp3) is 0.436. The van der Waals surface area contributed by atoms with Gasteiger partial charge in [0, 0.05) is 56.0 Å². The molecule has 1 N–H and O–H groups in total. The van der Waals surface area contributed by atoms with Crippen molar-refractivity contribution in [2.75, 3.05) is 59.8 Å². The van der Waals surface area contributed by atoms with Crippen LogP contribution in [0.15, 0.2) is 29.8 Å². The van der Waals surface area contributed by atoms with Gasteiger partial charge in [-0.3, -0.25) is 14.6 Å². The zero-order valence-electron chi connectivity index (χ0n) is 31.6. The Balaban J connectivity index is 0.000000194. The molecule has 0 saturated carbocycles. The number of fused-ring (bicyclic) bond motifs is 7. The van der Waals surface area contributed by atoms with Gasteiger partial charge >= 0.3 is 6.09 Å². The molecule has 4 aromatic heterocycles. The normalized spacial score (nSPS) is 18.2. The van der Waals surface area contributed by atoms with E-state index in [4.69, 9.17) is 21.1 Å². The summed E-state index contributed by atoms with van der Waals surface area (Å²) < 4.78 is 11.2. The van der Waals surface area contributed by atoms with E-state index in [1.807, 2.05) is 46.5 Å². The van der Waals surface area contributed by atoms with E-state index in [0.29, 0.717) is 43.8 Å². The number of rotatable bonds is 8. The molecule has 17 heteroatoms. The number of nitrogens with one attached hydrogen (secondary N) is 1. The molecule has 0 unspecified atom stereocenters. The topological polar surface area (TPSA) is 155 Å². The van der Waals surface area contributed by atoms with Crippen molar-refractivity contribution >= 4 is 90.3 Å². The Hall–Kier alpha value is -4.93. The highest BCUT2D eigenvalue weighted by Gasteiger charge is 2.31. The molecule has 4 aliphatic rings. The Morgan fingerprint density at radius 2 is 1.57 bits per heavy atom. The van der Waals surface area contributed by atoms with Gasteiger partial charge in [-0.1, -0.05) is 11.6 Å². The summed E-state index contributed by atoms with van der Waals surface area (Å²) in [6.45, 7) is 2.41. The lowest BCUT2D eigenvalue weighted by Gasteiger charge is -2.24. The maximum absolute atomic E-state index is 12.6. The summed E-state index contributed by atoms with van der Waals surface area (Å²) in [4.78, 5) is 67.6. The quantitative estimate of drug-likeness (QED) is 0.187. The summed E-state index contributed by atoms with van der Waals surface area (Å²) in [6.07, 6.45) is 9.55. The van der Waals surface area contributed by atoms with Crippen LogP contribution in [0.2, 0.25) is 5.15 Å². The van der Waals surface area contributed by atoms with Crippen molar-refractivity contribution < 1.29 is 23.9 Å². The van der Waals surface area contributed by atoms with Gasteiger partial charge in [0.2, 0.25) is 11.8 Å². The number of thiophene rings is 2. The van der Waals surface area contributed by atoms with Crippen LogP contribution in [0.3, 0.4) is 0 Å². The van der Waals surface area contributed by atoms with Crippen LogP contribution in [0.25, 0.3) is 20.4 Å². The van der Waals surface area contributed by atoms with Crippen LogP contribution in [0.1, 0.15) is 44.8 Å². The van der Waals surface area contributed by atoms with Gasteiger partial charge in [-0.2, -0.15) is 0 Å². The fourth-order valence-electron chi connectivity index (χ4n) is 7.81. The second-order valence-corrected chi connectivity index (χ2v) is 17.2. The Morgan fingerprint density at radius 1 is 0.929 bits per heavy atom. The molecule has 1 fully saturated rings. The van der Waals surface area contributed by atoms with E-state index in [1.54, 1.807) is 43.7 Å². The second-order valence-electron chi connectivity index (χ2n) is 14.7. The molecule has 56 heavy (non-hydrogen) atoms. The predicted octanol–water partition coefficient (Wildman–Crippen LogP) is 5.93. The molecule has 2 aliphatic carbocycles. The molecule has 0 bridgehead atoms. The van der Waals surface area contributed by atoms with Crippen LogP contribution >= 0.6 is 34.3 Å². The predicted molar refractivity (Wildman–Crippen MR) is 218 cm³/mol. The van der Waals surface area contributed by atoms with Crippen molar-refractivity contribution in [3.8, 4) is 5.75 Å². The summed E-state index contributed by atoms with van der Waals surface area (Å²) in [6, 6.07) is 4.04. The smallest absolute Gasteiger partial charge is 0.410 e. The molecule has 1 saturated heterocycles. The fourth-order valence-corrected chi connectivity index (χ4v) is 10.6. The molecule has 292 valence electrons. The Bertz CT molecular complexity index is 2380.